The minimum absolute atomic E-state index is 0.0850. The molecule has 0 radical (unpaired) electrons. The van der Waals surface area contributed by atoms with Crippen LogP contribution >= 0.6 is 0 Å². The van der Waals surface area contributed by atoms with Gasteiger partial charge in [0.2, 0.25) is 0 Å². The van der Waals surface area contributed by atoms with Gasteiger partial charge in [0.25, 0.3) is 0 Å². The molecule has 3 atom stereocenters. The Morgan fingerprint density at radius 2 is 1.89 bits per heavy atom. The highest BCUT2D eigenvalue weighted by atomic mass is 19.1. The van der Waals surface area contributed by atoms with Crippen LogP contribution in [0.5, 0.6) is 0 Å². The second-order valence-corrected chi connectivity index (χ2v) is 5.79. The monoisotopic (exact) mass is 263 g/mol. The summed E-state index contributed by atoms with van der Waals surface area (Å²) in [6.07, 6.45) is 1.14. The highest BCUT2D eigenvalue weighted by Gasteiger charge is 2.29. The van der Waals surface area contributed by atoms with E-state index in [1.54, 1.807) is 12.1 Å². The molecule has 0 aliphatic carbocycles. The van der Waals surface area contributed by atoms with E-state index in [0.29, 0.717) is 11.5 Å². The number of ketones is 1. The lowest BCUT2D eigenvalue weighted by atomic mass is 9.87. The lowest BCUT2D eigenvalue weighted by molar-refractivity contribution is 0.0689. The number of carbonyl (C=O) groups is 1. The van der Waals surface area contributed by atoms with Crippen molar-refractivity contribution in [2.24, 2.45) is 11.8 Å². The fraction of sp³-hybridized carbons (Fsp3) is 0.562. The fourth-order valence-electron chi connectivity index (χ4n) is 2.67. The van der Waals surface area contributed by atoms with Gasteiger partial charge < -0.3 is 0 Å². The van der Waals surface area contributed by atoms with E-state index in [1.807, 2.05) is 6.92 Å². The van der Waals surface area contributed by atoms with Gasteiger partial charge in [0.05, 0.1) is 6.04 Å². The smallest absolute Gasteiger partial charge is 0.179 e. The van der Waals surface area contributed by atoms with Crippen molar-refractivity contribution in [2.45, 2.75) is 33.2 Å². The molecule has 0 saturated carbocycles. The van der Waals surface area contributed by atoms with Crippen LogP contribution in [0.4, 0.5) is 4.39 Å². The van der Waals surface area contributed by atoms with Gasteiger partial charge in [0.1, 0.15) is 5.82 Å². The SMILES string of the molecule is CC1CCN(C(C)C(=O)c2ccc(F)cc2)CC1C. The van der Waals surface area contributed by atoms with E-state index in [-0.39, 0.29) is 17.6 Å². The Labute approximate surface area is 114 Å². The molecule has 0 bridgehead atoms. The standard InChI is InChI=1S/C16H22FNO/c1-11-8-9-18(10-12(11)2)13(3)16(19)14-4-6-15(17)7-5-14/h4-7,11-13H,8-10H2,1-3H3. The minimum atomic E-state index is -0.301. The van der Waals surface area contributed by atoms with Gasteiger partial charge in [-0.3, -0.25) is 9.69 Å². The minimum Gasteiger partial charge on any atom is -0.293 e. The zero-order chi connectivity index (χ0) is 14.0. The number of piperidine rings is 1. The molecule has 1 saturated heterocycles. The molecule has 104 valence electrons. The first-order valence-corrected chi connectivity index (χ1v) is 7.03. The van der Waals surface area contributed by atoms with Crippen LogP contribution in [0, 0.1) is 17.7 Å². The maximum absolute atomic E-state index is 12.9. The molecular formula is C16H22FNO. The molecule has 1 fully saturated rings. The van der Waals surface area contributed by atoms with Gasteiger partial charge in [-0.1, -0.05) is 13.8 Å². The van der Waals surface area contributed by atoms with Gasteiger partial charge in [0.15, 0.2) is 5.78 Å². The van der Waals surface area contributed by atoms with Crippen LogP contribution in [0.2, 0.25) is 0 Å². The van der Waals surface area contributed by atoms with Crippen molar-refractivity contribution in [1.29, 1.82) is 0 Å². The molecule has 1 aromatic rings. The number of hydrogen-bond acceptors (Lipinski definition) is 2. The first kappa shape index (κ1) is 14.2. The van der Waals surface area contributed by atoms with E-state index in [0.717, 1.165) is 25.4 Å². The Hall–Kier alpha value is -1.22. The van der Waals surface area contributed by atoms with Gasteiger partial charge in [-0.15, -0.1) is 0 Å². The summed E-state index contributed by atoms with van der Waals surface area (Å²) in [5, 5.41) is 0. The number of Topliss-reactive ketones (excluding diaryl/α,β-unsaturated/α-hetero) is 1. The number of carbonyl (C=O) groups excluding carboxylic acids is 1. The molecule has 1 aromatic carbocycles. The molecule has 3 heteroatoms. The van der Waals surface area contributed by atoms with Crippen molar-refractivity contribution in [3.05, 3.63) is 35.6 Å². The second-order valence-electron chi connectivity index (χ2n) is 5.79. The van der Waals surface area contributed by atoms with Crippen LogP contribution in [0.1, 0.15) is 37.6 Å². The molecule has 0 spiro atoms. The summed E-state index contributed by atoms with van der Waals surface area (Å²) in [5.74, 6) is 1.13. The Balaban J connectivity index is 2.05. The molecule has 1 heterocycles. The Kier molecular flexibility index (Phi) is 4.35. The summed E-state index contributed by atoms with van der Waals surface area (Å²) in [6, 6.07) is 5.72. The molecule has 1 aliphatic rings. The van der Waals surface area contributed by atoms with Crippen LogP contribution in [0.25, 0.3) is 0 Å². The molecule has 2 rings (SSSR count). The van der Waals surface area contributed by atoms with Crippen molar-refractivity contribution in [1.82, 2.24) is 4.90 Å². The molecule has 1 aliphatic heterocycles. The summed E-state index contributed by atoms with van der Waals surface area (Å²) in [4.78, 5) is 14.6. The second kappa shape index (κ2) is 5.83. The Morgan fingerprint density at radius 1 is 1.26 bits per heavy atom. The highest BCUT2D eigenvalue weighted by molar-refractivity contribution is 5.99. The predicted octanol–water partition coefficient (Wildman–Crippen LogP) is 3.37. The van der Waals surface area contributed by atoms with Crippen LogP contribution < -0.4 is 0 Å². The lowest BCUT2D eigenvalue weighted by Gasteiger charge is -2.38. The van der Waals surface area contributed by atoms with E-state index >= 15 is 0 Å². The van der Waals surface area contributed by atoms with Gasteiger partial charge in [0, 0.05) is 12.1 Å². The molecule has 3 unspecified atom stereocenters. The molecule has 0 N–H and O–H groups in total. The van der Waals surface area contributed by atoms with Gasteiger partial charge >= 0.3 is 0 Å². The average Bonchev–Trinajstić information content (AvgIpc) is 2.41. The van der Waals surface area contributed by atoms with E-state index in [1.165, 1.54) is 12.1 Å². The zero-order valence-corrected chi connectivity index (χ0v) is 11.9. The summed E-state index contributed by atoms with van der Waals surface area (Å²) >= 11 is 0. The third kappa shape index (κ3) is 3.21. The highest BCUT2D eigenvalue weighted by Crippen LogP contribution is 2.24. The van der Waals surface area contributed by atoms with Gasteiger partial charge in [-0.25, -0.2) is 4.39 Å². The summed E-state index contributed by atoms with van der Waals surface area (Å²) in [7, 11) is 0. The molecule has 0 amide bonds. The normalized spacial score (nSPS) is 26.1. The number of hydrogen-bond donors (Lipinski definition) is 0. The first-order chi connectivity index (χ1) is 8.99. The first-order valence-electron chi connectivity index (χ1n) is 7.03. The number of halogens is 1. The maximum Gasteiger partial charge on any atom is 0.179 e. The molecule has 19 heavy (non-hydrogen) atoms. The lowest BCUT2D eigenvalue weighted by Crippen LogP contribution is -2.46. The van der Waals surface area contributed by atoms with E-state index in [9.17, 15) is 9.18 Å². The molecule has 2 nitrogen and oxygen atoms in total. The zero-order valence-electron chi connectivity index (χ0n) is 11.9. The Bertz CT molecular complexity index is 443. The van der Waals surface area contributed by atoms with Crippen LogP contribution in [0.3, 0.4) is 0 Å². The summed E-state index contributed by atoms with van der Waals surface area (Å²) in [6.45, 7) is 8.41. The van der Waals surface area contributed by atoms with Gasteiger partial charge in [-0.05, 0) is 56.0 Å². The van der Waals surface area contributed by atoms with Crippen molar-refractivity contribution in [3.8, 4) is 0 Å². The van der Waals surface area contributed by atoms with Crippen molar-refractivity contribution in [2.75, 3.05) is 13.1 Å². The topological polar surface area (TPSA) is 20.3 Å². The number of nitrogens with zero attached hydrogens (tertiary/aromatic N) is 1. The molecular weight excluding hydrogens is 241 g/mol. The van der Waals surface area contributed by atoms with E-state index in [4.69, 9.17) is 0 Å². The average molecular weight is 263 g/mol. The maximum atomic E-state index is 12.9. The van der Waals surface area contributed by atoms with Crippen molar-refractivity contribution < 1.29 is 9.18 Å². The van der Waals surface area contributed by atoms with E-state index in [2.05, 4.69) is 18.7 Å². The van der Waals surface area contributed by atoms with Gasteiger partial charge in [-0.2, -0.15) is 0 Å². The quantitative estimate of drug-likeness (QED) is 0.779. The van der Waals surface area contributed by atoms with Crippen molar-refractivity contribution >= 4 is 5.78 Å². The van der Waals surface area contributed by atoms with Crippen LogP contribution in [-0.2, 0) is 0 Å². The van der Waals surface area contributed by atoms with E-state index < -0.39 is 0 Å². The van der Waals surface area contributed by atoms with Crippen molar-refractivity contribution in [3.63, 3.8) is 0 Å². The summed E-state index contributed by atoms with van der Waals surface area (Å²) < 4.78 is 12.9. The summed E-state index contributed by atoms with van der Waals surface area (Å²) in [5.41, 5.74) is 0.597. The third-order valence-electron chi connectivity index (χ3n) is 4.42. The number of rotatable bonds is 3. The molecule has 0 aromatic heterocycles. The predicted molar refractivity (Wildman–Crippen MR) is 74.7 cm³/mol. The number of likely N-dealkylation sites (tertiary alicyclic amines) is 1. The Morgan fingerprint density at radius 3 is 2.47 bits per heavy atom. The van der Waals surface area contributed by atoms with Crippen LogP contribution in [0.15, 0.2) is 24.3 Å². The van der Waals surface area contributed by atoms with Crippen LogP contribution in [-0.4, -0.2) is 29.8 Å². The number of benzene rings is 1. The third-order valence-corrected chi connectivity index (χ3v) is 4.42. The fourth-order valence-corrected chi connectivity index (χ4v) is 2.67. The largest absolute Gasteiger partial charge is 0.293 e.